The van der Waals surface area contributed by atoms with Crippen LogP contribution in [-0.2, 0) is 0 Å². The number of aliphatic hydroxyl groups excluding tert-OH is 1. The average Bonchev–Trinajstić information content (AvgIpc) is 2.69. The topological polar surface area (TPSA) is 20.2 Å². The highest BCUT2D eigenvalue weighted by atomic mass is 35.5. The van der Waals surface area contributed by atoms with Crippen molar-refractivity contribution in [1.82, 2.24) is 0 Å². The van der Waals surface area contributed by atoms with Crippen LogP contribution in [0.25, 0.3) is 0 Å². The first-order chi connectivity index (χ1) is 8.54. The predicted octanol–water partition coefficient (Wildman–Crippen LogP) is 5.69. The minimum Gasteiger partial charge on any atom is -0.511 e. The Hall–Kier alpha value is 1.60. The maximum Gasteiger partial charge on any atom is 0.167 e. The largest absolute Gasteiger partial charge is 0.511 e. The van der Waals surface area contributed by atoms with Crippen LogP contribution < -0.4 is 0 Å². The fourth-order valence-electron chi connectivity index (χ4n) is 3.20. The molecule has 5 unspecified atom stereocenters. The van der Waals surface area contributed by atoms with Gasteiger partial charge in [-0.25, -0.2) is 0 Å². The van der Waals surface area contributed by atoms with Crippen LogP contribution in [0, 0.1) is 11.8 Å². The molecule has 0 aromatic carbocycles. The molecule has 5 atom stereocenters. The minimum absolute atomic E-state index is 0.0128. The Kier molecular flexibility index (Phi) is 3.35. The smallest absolute Gasteiger partial charge is 0.167 e. The molecule has 9 heteroatoms. The summed E-state index contributed by atoms with van der Waals surface area (Å²) in [4.78, 5) is -3.06. The lowest BCUT2D eigenvalue weighted by molar-refractivity contribution is 0.286. The molecule has 0 aromatic heterocycles. The van der Waals surface area contributed by atoms with E-state index in [-0.39, 0.29) is 20.9 Å². The zero-order valence-electron chi connectivity index (χ0n) is 8.70. The van der Waals surface area contributed by atoms with Gasteiger partial charge in [-0.15, -0.1) is 34.8 Å². The van der Waals surface area contributed by atoms with Gasteiger partial charge in [0.05, 0.1) is 26.4 Å². The zero-order chi connectivity index (χ0) is 14.5. The monoisotopic (exact) mass is 420 g/mol. The number of halogens is 8. The van der Waals surface area contributed by atoms with E-state index in [0.717, 1.165) is 0 Å². The molecule has 3 rings (SSSR count). The number of fused-ring (bicyclic) bond motifs is 5. The average molecular weight is 424 g/mol. The Labute approximate surface area is 149 Å². The van der Waals surface area contributed by atoms with Crippen molar-refractivity contribution < 1.29 is 5.11 Å². The first kappa shape index (κ1) is 15.5. The van der Waals surface area contributed by atoms with Crippen LogP contribution in [0.4, 0.5) is 0 Å². The molecule has 3 aliphatic carbocycles. The molecule has 0 aliphatic heterocycles. The molecule has 0 amide bonds. The summed E-state index contributed by atoms with van der Waals surface area (Å²) in [6, 6.07) is 0. The number of alkyl halides is 5. The van der Waals surface area contributed by atoms with Crippen LogP contribution in [-0.4, -0.2) is 24.6 Å². The van der Waals surface area contributed by atoms with Crippen LogP contribution in [0.2, 0.25) is 0 Å². The third kappa shape index (κ3) is 1.33. The van der Waals surface area contributed by atoms with E-state index in [1.54, 1.807) is 0 Å². The fraction of sp³-hybridized carbons (Fsp3) is 0.600. The van der Waals surface area contributed by atoms with E-state index in [2.05, 4.69) is 0 Å². The maximum absolute atomic E-state index is 10.2. The van der Waals surface area contributed by atoms with Gasteiger partial charge in [0.2, 0.25) is 0 Å². The molecule has 1 fully saturated rings. The Morgan fingerprint density at radius 2 is 1.37 bits per heavy atom. The van der Waals surface area contributed by atoms with Crippen LogP contribution in [0.3, 0.4) is 0 Å². The highest BCUT2D eigenvalue weighted by Gasteiger charge is 2.85. The molecule has 3 aliphatic rings. The van der Waals surface area contributed by atoms with Crippen LogP contribution >= 0.6 is 92.8 Å². The van der Waals surface area contributed by atoms with Crippen molar-refractivity contribution in [1.29, 1.82) is 0 Å². The van der Waals surface area contributed by atoms with E-state index in [9.17, 15) is 5.11 Å². The highest BCUT2D eigenvalue weighted by Crippen LogP contribution is 2.79. The Morgan fingerprint density at radius 1 is 0.895 bits per heavy atom. The molecule has 19 heavy (non-hydrogen) atoms. The Morgan fingerprint density at radius 3 is 1.89 bits per heavy atom. The van der Waals surface area contributed by atoms with E-state index >= 15 is 0 Å². The second kappa shape index (κ2) is 4.11. The molecule has 0 saturated heterocycles. The molecule has 0 aromatic rings. The molecule has 1 nitrogen and oxygen atoms in total. The summed E-state index contributed by atoms with van der Waals surface area (Å²) in [6.07, 6.45) is 0. The van der Waals surface area contributed by atoms with Crippen molar-refractivity contribution in [3.63, 3.8) is 0 Å². The molecule has 0 heterocycles. The van der Waals surface area contributed by atoms with Crippen molar-refractivity contribution in [3.05, 3.63) is 20.9 Å². The van der Waals surface area contributed by atoms with Gasteiger partial charge in [0.15, 0.2) is 4.33 Å². The third-order valence-electron chi connectivity index (χ3n) is 4.09. The van der Waals surface area contributed by atoms with Gasteiger partial charge < -0.3 is 5.11 Å². The lowest BCUT2D eigenvalue weighted by Gasteiger charge is -2.34. The summed E-state index contributed by atoms with van der Waals surface area (Å²) >= 11 is 50.2. The van der Waals surface area contributed by atoms with Crippen LogP contribution in [0.15, 0.2) is 20.9 Å². The summed E-state index contributed by atoms with van der Waals surface area (Å²) in [5.41, 5.74) is 0. The van der Waals surface area contributed by atoms with Gasteiger partial charge in [0, 0.05) is 5.92 Å². The molecular formula is C10H4Cl8O. The zero-order valence-corrected chi connectivity index (χ0v) is 14.8. The second-order valence-corrected chi connectivity index (χ2v) is 8.92. The van der Waals surface area contributed by atoms with Crippen molar-refractivity contribution in [2.24, 2.45) is 11.8 Å². The van der Waals surface area contributed by atoms with Gasteiger partial charge in [-0.05, 0) is 0 Å². The second-order valence-electron chi connectivity index (χ2n) is 4.76. The summed E-state index contributed by atoms with van der Waals surface area (Å²) < 4.78 is -1.72. The van der Waals surface area contributed by atoms with E-state index < -0.39 is 31.3 Å². The lowest BCUT2D eigenvalue weighted by atomic mass is 9.83. The quantitative estimate of drug-likeness (QED) is 0.496. The number of allylic oxidation sites excluding steroid dienone is 4. The number of hydrogen-bond donors (Lipinski definition) is 1. The summed E-state index contributed by atoms with van der Waals surface area (Å²) in [7, 11) is 0. The van der Waals surface area contributed by atoms with Crippen molar-refractivity contribution in [2.45, 2.75) is 19.5 Å². The van der Waals surface area contributed by atoms with Gasteiger partial charge in [0.25, 0.3) is 0 Å². The van der Waals surface area contributed by atoms with Crippen LogP contribution in [0.1, 0.15) is 0 Å². The minimum atomic E-state index is -1.72. The van der Waals surface area contributed by atoms with Gasteiger partial charge in [-0.3, -0.25) is 0 Å². The third-order valence-corrected chi connectivity index (χ3v) is 9.39. The Balaban J connectivity index is 2.34. The van der Waals surface area contributed by atoms with Crippen LogP contribution in [0.5, 0.6) is 0 Å². The lowest BCUT2D eigenvalue weighted by Crippen LogP contribution is -2.46. The van der Waals surface area contributed by atoms with Crippen molar-refractivity contribution in [2.75, 3.05) is 0 Å². The maximum atomic E-state index is 10.2. The summed E-state index contributed by atoms with van der Waals surface area (Å²) in [6.45, 7) is 0. The van der Waals surface area contributed by atoms with Gasteiger partial charge in [-0.2, -0.15) is 0 Å². The van der Waals surface area contributed by atoms with E-state index in [0.29, 0.717) is 0 Å². The van der Waals surface area contributed by atoms with E-state index in [1.165, 1.54) is 0 Å². The molecule has 106 valence electrons. The standard InChI is InChI=1S/C10H4Cl8O/c11-3-1-2(5(19)4(3)12)9(16)7(14)6(13)8(1,15)10(9,17)18/h1-3,19H. The van der Waals surface area contributed by atoms with Gasteiger partial charge in [0.1, 0.15) is 15.5 Å². The predicted molar refractivity (Wildman–Crippen MR) is 82.5 cm³/mol. The van der Waals surface area contributed by atoms with E-state index in [1.807, 2.05) is 0 Å². The summed E-state index contributed by atoms with van der Waals surface area (Å²) in [5.74, 6) is -1.63. The van der Waals surface area contributed by atoms with Crippen molar-refractivity contribution >= 4 is 92.8 Å². The first-order valence-corrected chi connectivity index (χ1v) is 8.17. The van der Waals surface area contributed by atoms with Crippen molar-refractivity contribution in [3.8, 4) is 0 Å². The number of hydrogen-bond acceptors (Lipinski definition) is 1. The highest BCUT2D eigenvalue weighted by molar-refractivity contribution is 6.66. The van der Waals surface area contributed by atoms with Gasteiger partial charge >= 0.3 is 0 Å². The normalized spacial score (nSPS) is 51.3. The summed E-state index contributed by atoms with van der Waals surface area (Å²) in [5, 5.41) is 9.48. The molecule has 1 saturated carbocycles. The molecule has 2 bridgehead atoms. The number of rotatable bonds is 0. The molecule has 0 spiro atoms. The molecular weight excluding hydrogens is 420 g/mol. The molecule has 0 radical (unpaired) electrons. The SMILES string of the molecule is OC1=C(Cl)C(Cl)C2C1C1(Cl)C(Cl)=C(Cl)C2(Cl)C1(Cl)Cl. The number of aliphatic hydroxyl groups is 1. The van der Waals surface area contributed by atoms with Gasteiger partial charge in [-0.1, -0.05) is 58.0 Å². The Bertz CT molecular complexity index is 554. The molecule has 1 N–H and O–H groups in total. The first-order valence-electron chi connectivity index (χ1n) is 5.09. The fourth-order valence-corrected chi connectivity index (χ4v) is 6.97. The van der Waals surface area contributed by atoms with E-state index in [4.69, 9.17) is 92.8 Å².